The molecule has 6 aromatic rings. The molecule has 0 atom stereocenters. The molecule has 7 rings (SSSR count). The van der Waals surface area contributed by atoms with Gasteiger partial charge in [-0.25, -0.2) is 14.8 Å². The highest BCUT2D eigenvalue weighted by Gasteiger charge is 2.43. The van der Waals surface area contributed by atoms with Gasteiger partial charge in [-0.1, -0.05) is 133 Å². The molecule has 0 saturated carbocycles. The summed E-state index contributed by atoms with van der Waals surface area (Å²) in [5.74, 6) is -0.233. The molecule has 0 unspecified atom stereocenters. The summed E-state index contributed by atoms with van der Waals surface area (Å²) >= 11 is 0. The number of benzene rings is 4. The van der Waals surface area contributed by atoms with Crippen LogP contribution in [-0.2, 0) is 20.2 Å². The number of aromatic nitrogens is 3. The summed E-state index contributed by atoms with van der Waals surface area (Å²) in [6.45, 7) is 19.6. The summed E-state index contributed by atoms with van der Waals surface area (Å²) in [7, 11) is 0.0660. The summed E-state index contributed by atoms with van der Waals surface area (Å²) in [4.78, 5) is 42.2. The van der Waals surface area contributed by atoms with Crippen LogP contribution in [0, 0.1) is 0 Å². The Morgan fingerprint density at radius 3 is 1.98 bits per heavy atom. The number of nitrogens with one attached hydrogen (secondary N) is 2. The van der Waals surface area contributed by atoms with Crippen LogP contribution >= 0.6 is 0 Å². The number of ether oxygens (including phenoxy) is 1. The first kappa shape index (κ1) is 42.3. The second-order valence-corrected chi connectivity index (χ2v) is 20.4. The van der Waals surface area contributed by atoms with E-state index in [1.807, 2.05) is 93.6 Å². The molecule has 3 heterocycles. The van der Waals surface area contributed by atoms with E-state index in [9.17, 15) is 9.59 Å². The molecule has 4 aromatic carbocycles. The van der Waals surface area contributed by atoms with Gasteiger partial charge in [-0.15, -0.1) is 0 Å². The molecular weight excluding hydrogens is 763 g/mol. The van der Waals surface area contributed by atoms with Gasteiger partial charge in [-0.05, 0) is 84.2 Å². The summed E-state index contributed by atoms with van der Waals surface area (Å²) in [5, 5.41) is 3.98. The van der Waals surface area contributed by atoms with E-state index < -0.39 is 11.2 Å². The number of aromatic amines is 1. The van der Waals surface area contributed by atoms with Gasteiger partial charge in [0.2, 0.25) is 9.76 Å². The fourth-order valence-electron chi connectivity index (χ4n) is 7.48. The SMILES string of the molecule is CC(C)(C)OC(=O)N1CC=C(c2cc3c(-c4cccc(NC(=O)c5ccc(C(C)(C)C)cc5)c4C(O[Si]C(C)(C)C)(c4ccccc4)c4ccccc4)ncnc3[nH]2)CC1. The number of anilines is 1. The highest BCUT2D eigenvalue weighted by atomic mass is 28.2. The Kier molecular flexibility index (Phi) is 11.7. The van der Waals surface area contributed by atoms with Crippen LogP contribution < -0.4 is 5.32 Å². The lowest BCUT2D eigenvalue weighted by molar-refractivity contribution is 0.0270. The zero-order valence-corrected chi connectivity index (χ0v) is 37.1. The maximum atomic E-state index is 14.4. The van der Waals surface area contributed by atoms with Gasteiger partial charge in [-0.3, -0.25) is 4.79 Å². The Morgan fingerprint density at radius 1 is 0.767 bits per heavy atom. The van der Waals surface area contributed by atoms with E-state index in [1.54, 1.807) is 11.2 Å². The molecule has 0 fully saturated rings. The zero-order chi connectivity index (χ0) is 42.9. The number of nitrogens with zero attached hydrogens (tertiary/aromatic N) is 3. The number of amides is 2. The van der Waals surface area contributed by atoms with Crippen molar-refractivity contribution in [3.05, 3.63) is 155 Å². The van der Waals surface area contributed by atoms with Crippen LogP contribution in [0.1, 0.15) is 107 Å². The van der Waals surface area contributed by atoms with Crippen molar-refractivity contribution in [1.82, 2.24) is 19.9 Å². The van der Waals surface area contributed by atoms with Crippen LogP contribution in [-0.4, -0.2) is 60.3 Å². The topological polar surface area (TPSA) is 109 Å². The molecule has 2 amide bonds. The van der Waals surface area contributed by atoms with Gasteiger partial charge >= 0.3 is 6.09 Å². The number of H-pyrrole nitrogens is 1. The lowest BCUT2D eigenvalue weighted by Gasteiger charge is -2.40. The smallest absolute Gasteiger partial charge is 0.410 e. The molecule has 0 aliphatic carbocycles. The maximum absolute atomic E-state index is 14.4. The third-order valence-corrected chi connectivity index (χ3v) is 11.5. The van der Waals surface area contributed by atoms with Crippen LogP contribution in [0.2, 0.25) is 5.04 Å². The predicted octanol–water partition coefficient (Wildman–Crippen LogP) is 11.3. The van der Waals surface area contributed by atoms with Gasteiger partial charge in [0.05, 0.1) is 5.69 Å². The van der Waals surface area contributed by atoms with Gasteiger partial charge in [0.15, 0.2) is 0 Å². The Balaban J connectivity index is 1.43. The minimum atomic E-state index is -1.20. The fourth-order valence-corrected chi connectivity index (χ4v) is 8.28. The predicted molar refractivity (Wildman–Crippen MR) is 242 cm³/mol. The van der Waals surface area contributed by atoms with Crippen LogP contribution in [0.15, 0.2) is 122 Å². The highest BCUT2D eigenvalue weighted by Crippen LogP contribution is 2.49. The third kappa shape index (κ3) is 9.15. The largest absolute Gasteiger partial charge is 0.444 e. The van der Waals surface area contributed by atoms with E-state index in [-0.39, 0.29) is 32.2 Å². The number of carbonyl (C=O) groups is 2. The van der Waals surface area contributed by atoms with Gasteiger partial charge < -0.3 is 24.4 Å². The van der Waals surface area contributed by atoms with Gasteiger partial charge in [-0.2, -0.15) is 0 Å². The van der Waals surface area contributed by atoms with Gasteiger partial charge in [0.1, 0.15) is 23.2 Å². The molecule has 0 bridgehead atoms. The standard InChI is InChI=1S/C50H55N5O4Si/c1-47(2,3)35-25-23-34(24-26-35)45(56)54-40-22-16-21-38(42(40)50(59-60-49(7,8)9,36-17-12-10-13-18-36)37-19-14-11-15-20-37)43-39-31-41(53-44(39)52-32-51-43)33-27-29-55(30-28-33)46(57)58-48(4,5)6/h10-27,31-32H,28-30H2,1-9H3,(H,54,56)(H,51,52,53). The molecule has 308 valence electrons. The second kappa shape index (κ2) is 16.7. The second-order valence-electron chi connectivity index (χ2n) is 18.5. The first-order valence-corrected chi connectivity index (χ1v) is 21.5. The van der Waals surface area contributed by atoms with E-state index in [4.69, 9.17) is 19.1 Å². The Bertz CT molecular complexity index is 2470. The Hall–Kier alpha value is -5.84. The van der Waals surface area contributed by atoms with Crippen LogP contribution in [0.3, 0.4) is 0 Å². The molecule has 2 radical (unpaired) electrons. The molecule has 1 aliphatic rings. The lowest BCUT2D eigenvalue weighted by atomic mass is 9.76. The maximum Gasteiger partial charge on any atom is 0.410 e. The Morgan fingerprint density at radius 2 is 1.42 bits per heavy atom. The average molecular weight is 818 g/mol. The van der Waals surface area contributed by atoms with Crippen molar-refractivity contribution in [2.75, 3.05) is 18.4 Å². The lowest BCUT2D eigenvalue weighted by Crippen LogP contribution is -2.39. The molecule has 10 heteroatoms. The summed E-state index contributed by atoms with van der Waals surface area (Å²) in [6.07, 6.45) is 3.97. The molecule has 0 saturated heterocycles. The van der Waals surface area contributed by atoms with Crippen molar-refractivity contribution in [3.63, 3.8) is 0 Å². The number of hydrogen-bond donors (Lipinski definition) is 2. The highest BCUT2D eigenvalue weighted by molar-refractivity contribution is 6.32. The van der Waals surface area contributed by atoms with E-state index in [0.29, 0.717) is 42.1 Å². The first-order chi connectivity index (χ1) is 28.4. The van der Waals surface area contributed by atoms with Crippen molar-refractivity contribution in [2.24, 2.45) is 0 Å². The van der Waals surface area contributed by atoms with Gasteiger partial charge in [0, 0.05) is 46.5 Å². The quantitative estimate of drug-likeness (QED) is 0.111. The Labute approximate surface area is 356 Å². The van der Waals surface area contributed by atoms with Crippen molar-refractivity contribution < 1.29 is 18.8 Å². The molecule has 1 aliphatic heterocycles. The van der Waals surface area contributed by atoms with E-state index in [1.165, 1.54) is 0 Å². The van der Waals surface area contributed by atoms with E-state index in [0.717, 1.165) is 44.5 Å². The number of fused-ring (bicyclic) bond motifs is 1. The summed E-state index contributed by atoms with van der Waals surface area (Å²) in [6, 6.07) is 36.4. The van der Waals surface area contributed by atoms with Crippen LogP contribution in [0.5, 0.6) is 0 Å². The molecule has 2 N–H and O–H groups in total. The molecular formula is C50H55N5O4Si. The summed E-state index contributed by atoms with van der Waals surface area (Å²) in [5.41, 5.74) is 7.18. The monoisotopic (exact) mass is 817 g/mol. The van der Waals surface area contributed by atoms with Crippen LogP contribution in [0.25, 0.3) is 27.9 Å². The minimum absolute atomic E-state index is 0.0540. The van der Waals surface area contributed by atoms with Crippen molar-refractivity contribution >= 4 is 44.1 Å². The number of rotatable bonds is 9. The normalized spacial score (nSPS) is 13.9. The van der Waals surface area contributed by atoms with Crippen LogP contribution in [0.4, 0.5) is 10.5 Å². The first-order valence-electron chi connectivity index (χ1n) is 20.6. The fraction of sp³-hybridized carbons (Fsp3) is 0.320. The molecule has 2 aromatic heterocycles. The van der Waals surface area contributed by atoms with Crippen molar-refractivity contribution in [3.8, 4) is 11.3 Å². The minimum Gasteiger partial charge on any atom is -0.444 e. The summed E-state index contributed by atoms with van der Waals surface area (Å²) < 4.78 is 13.1. The van der Waals surface area contributed by atoms with E-state index in [2.05, 4.69) is 94.3 Å². The number of carbonyl (C=O) groups excluding carboxylic acids is 2. The third-order valence-electron chi connectivity index (χ3n) is 10.4. The van der Waals surface area contributed by atoms with Crippen molar-refractivity contribution in [1.29, 1.82) is 0 Å². The van der Waals surface area contributed by atoms with Gasteiger partial charge in [0.25, 0.3) is 5.91 Å². The molecule has 0 spiro atoms. The van der Waals surface area contributed by atoms with Crippen molar-refractivity contribution in [2.45, 2.75) is 90.4 Å². The molecule has 60 heavy (non-hydrogen) atoms. The average Bonchev–Trinajstić information content (AvgIpc) is 3.66. The number of hydrogen-bond acceptors (Lipinski definition) is 6. The zero-order valence-electron chi connectivity index (χ0n) is 36.1. The molecule has 9 nitrogen and oxygen atoms in total. The van der Waals surface area contributed by atoms with E-state index >= 15 is 0 Å².